The van der Waals surface area contributed by atoms with Gasteiger partial charge in [0.1, 0.15) is 0 Å². The van der Waals surface area contributed by atoms with Crippen molar-refractivity contribution in [1.82, 2.24) is 9.88 Å². The Balaban J connectivity index is 1.62. The molecule has 0 spiro atoms. The van der Waals surface area contributed by atoms with Crippen LogP contribution in [0.4, 0.5) is 0 Å². The summed E-state index contributed by atoms with van der Waals surface area (Å²) in [5.41, 5.74) is 2.35. The van der Waals surface area contributed by atoms with Crippen LogP contribution in [0.5, 0.6) is 0 Å². The molecule has 1 saturated heterocycles. The first-order valence-electron chi connectivity index (χ1n) is 10.4. The van der Waals surface area contributed by atoms with Crippen molar-refractivity contribution in [3.05, 3.63) is 65.5 Å². The maximum atomic E-state index is 13.1. The lowest BCUT2D eigenvalue weighted by atomic mass is 9.95. The number of rotatable bonds is 7. The molecule has 1 unspecified atom stereocenters. The quantitative estimate of drug-likeness (QED) is 0.774. The van der Waals surface area contributed by atoms with E-state index < -0.39 is 5.60 Å². The van der Waals surface area contributed by atoms with Crippen molar-refractivity contribution in [3.8, 4) is 0 Å². The smallest absolute Gasteiger partial charge is 0.254 e. The fourth-order valence-corrected chi connectivity index (χ4v) is 3.86. The molecule has 1 aromatic heterocycles. The van der Waals surface area contributed by atoms with E-state index in [0.29, 0.717) is 6.42 Å². The maximum absolute atomic E-state index is 13.1. The molecule has 1 N–H and O–H groups in total. The van der Waals surface area contributed by atoms with Crippen LogP contribution >= 0.6 is 0 Å². The Hall–Kier alpha value is -2.20. The van der Waals surface area contributed by atoms with Crippen LogP contribution in [0.15, 0.2) is 48.7 Å². The highest BCUT2D eigenvalue weighted by molar-refractivity contribution is 5.94. The van der Waals surface area contributed by atoms with Gasteiger partial charge in [0.15, 0.2) is 0 Å². The van der Waals surface area contributed by atoms with E-state index in [4.69, 9.17) is 0 Å². The summed E-state index contributed by atoms with van der Waals surface area (Å²) in [6.07, 6.45) is 8.57. The first kappa shape index (κ1) is 20.5. The minimum atomic E-state index is -0.664. The largest absolute Gasteiger partial charge is 0.390 e. The molecule has 0 radical (unpaired) electrons. The number of pyridine rings is 1. The van der Waals surface area contributed by atoms with Crippen LogP contribution in [0, 0.1) is 0 Å². The van der Waals surface area contributed by atoms with Crippen LogP contribution in [0.1, 0.15) is 67.6 Å². The summed E-state index contributed by atoms with van der Waals surface area (Å²) in [5.74, 6) is 0.139. The molecule has 0 bridgehead atoms. The third kappa shape index (κ3) is 5.90. The molecule has 1 aliphatic rings. The first-order valence-corrected chi connectivity index (χ1v) is 10.4. The van der Waals surface area contributed by atoms with Crippen molar-refractivity contribution < 1.29 is 9.90 Å². The number of benzene rings is 1. The van der Waals surface area contributed by atoms with Crippen molar-refractivity contribution in [3.63, 3.8) is 0 Å². The van der Waals surface area contributed by atoms with Crippen LogP contribution in [0.25, 0.3) is 0 Å². The number of carbonyl (C=O) groups is 1. The summed E-state index contributed by atoms with van der Waals surface area (Å²) in [5, 5.41) is 9.89. The van der Waals surface area contributed by atoms with Crippen LogP contribution in [-0.4, -0.2) is 39.1 Å². The van der Waals surface area contributed by atoms with Gasteiger partial charge in [-0.3, -0.25) is 9.78 Å². The highest BCUT2D eigenvalue weighted by atomic mass is 16.3. The van der Waals surface area contributed by atoms with Gasteiger partial charge >= 0.3 is 0 Å². The van der Waals surface area contributed by atoms with Crippen molar-refractivity contribution in [1.29, 1.82) is 0 Å². The summed E-state index contributed by atoms with van der Waals surface area (Å²) in [6, 6.07) is 14.2. The van der Waals surface area contributed by atoms with E-state index in [1.165, 1.54) is 6.42 Å². The second kappa shape index (κ2) is 9.33. The normalized spacial score (nSPS) is 17.5. The van der Waals surface area contributed by atoms with Gasteiger partial charge in [0, 0.05) is 30.0 Å². The molecule has 4 heteroatoms. The third-order valence-corrected chi connectivity index (χ3v) is 5.57. The molecule has 0 aliphatic carbocycles. The molecule has 3 rings (SSSR count). The Labute approximate surface area is 168 Å². The molecule has 150 valence electrons. The molecular formula is C24H32N2O2. The van der Waals surface area contributed by atoms with Crippen molar-refractivity contribution in [2.24, 2.45) is 0 Å². The van der Waals surface area contributed by atoms with Gasteiger partial charge in [0.05, 0.1) is 5.60 Å². The lowest BCUT2D eigenvalue weighted by molar-refractivity contribution is 0.0600. The zero-order chi connectivity index (χ0) is 20.0. The van der Waals surface area contributed by atoms with Crippen molar-refractivity contribution in [2.45, 2.75) is 70.4 Å². The standard InChI is InChI=1S/C24H32N2O2/c1-24(2,28)16-15-19-9-11-20(12-10-19)23(27)26-18-6-4-8-22(26)14-13-21-7-3-5-17-25-21/h3,5,7,9-12,17,22,28H,4,6,8,13-16,18H2,1-2H3. The molecule has 1 atom stereocenters. The van der Waals surface area contributed by atoms with Crippen LogP contribution in [0.3, 0.4) is 0 Å². The summed E-state index contributed by atoms with van der Waals surface area (Å²) < 4.78 is 0. The predicted molar refractivity (Wildman–Crippen MR) is 112 cm³/mol. The van der Waals surface area contributed by atoms with Crippen molar-refractivity contribution >= 4 is 5.91 Å². The Kier molecular flexibility index (Phi) is 6.84. The average Bonchev–Trinajstić information content (AvgIpc) is 2.71. The number of aromatic nitrogens is 1. The van der Waals surface area contributed by atoms with Gasteiger partial charge in [0.2, 0.25) is 0 Å². The van der Waals surface area contributed by atoms with E-state index in [9.17, 15) is 9.90 Å². The Bertz CT molecular complexity index is 750. The summed E-state index contributed by atoms with van der Waals surface area (Å²) in [7, 11) is 0. The minimum Gasteiger partial charge on any atom is -0.390 e. The number of nitrogens with zero attached hydrogens (tertiary/aromatic N) is 2. The second-order valence-electron chi connectivity index (χ2n) is 8.52. The summed E-state index contributed by atoms with van der Waals surface area (Å²) in [4.78, 5) is 19.6. The van der Waals surface area contributed by atoms with Gasteiger partial charge in [-0.2, -0.15) is 0 Å². The highest BCUT2D eigenvalue weighted by Crippen LogP contribution is 2.24. The fourth-order valence-electron chi connectivity index (χ4n) is 3.86. The number of hydrogen-bond acceptors (Lipinski definition) is 3. The molecule has 2 aromatic rings. The lowest BCUT2D eigenvalue weighted by Gasteiger charge is -2.36. The second-order valence-corrected chi connectivity index (χ2v) is 8.52. The van der Waals surface area contributed by atoms with Gasteiger partial charge in [-0.05, 0) is 88.6 Å². The van der Waals surface area contributed by atoms with E-state index in [1.54, 1.807) is 0 Å². The molecule has 1 aliphatic heterocycles. The zero-order valence-corrected chi connectivity index (χ0v) is 17.1. The van der Waals surface area contributed by atoms with E-state index in [2.05, 4.69) is 16.0 Å². The first-order chi connectivity index (χ1) is 13.4. The van der Waals surface area contributed by atoms with Crippen LogP contribution in [-0.2, 0) is 12.8 Å². The number of carbonyl (C=O) groups excluding carboxylic acids is 1. The number of amides is 1. The molecule has 4 nitrogen and oxygen atoms in total. The van der Waals surface area contributed by atoms with E-state index in [0.717, 1.165) is 55.5 Å². The maximum Gasteiger partial charge on any atom is 0.254 e. The van der Waals surface area contributed by atoms with Crippen molar-refractivity contribution in [2.75, 3.05) is 6.54 Å². The SMILES string of the molecule is CC(C)(O)CCc1ccc(C(=O)N2CCCCC2CCc2ccccn2)cc1. The van der Waals surface area contributed by atoms with E-state index >= 15 is 0 Å². The summed E-state index contributed by atoms with van der Waals surface area (Å²) in [6.45, 7) is 4.49. The zero-order valence-electron chi connectivity index (χ0n) is 17.1. The van der Waals surface area contributed by atoms with Gasteiger partial charge in [-0.15, -0.1) is 0 Å². The molecule has 1 amide bonds. The number of aryl methyl sites for hydroxylation is 2. The molecule has 0 saturated carbocycles. The Morgan fingerprint density at radius 1 is 1.14 bits per heavy atom. The van der Waals surface area contributed by atoms with Crippen LogP contribution in [0.2, 0.25) is 0 Å². The summed E-state index contributed by atoms with van der Waals surface area (Å²) >= 11 is 0. The lowest BCUT2D eigenvalue weighted by Crippen LogP contribution is -2.44. The Morgan fingerprint density at radius 3 is 2.61 bits per heavy atom. The van der Waals surface area contributed by atoms with Crippen LogP contribution < -0.4 is 0 Å². The number of piperidine rings is 1. The predicted octanol–water partition coefficient (Wildman–Crippen LogP) is 4.41. The van der Waals surface area contributed by atoms with Gasteiger partial charge < -0.3 is 10.0 Å². The monoisotopic (exact) mass is 380 g/mol. The number of hydrogen-bond donors (Lipinski definition) is 1. The average molecular weight is 381 g/mol. The molecule has 1 aromatic carbocycles. The molecular weight excluding hydrogens is 348 g/mol. The number of likely N-dealkylation sites (tertiary alicyclic amines) is 1. The van der Waals surface area contributed by atoms with Gasteiger partial charge in [-0.25, -0.2) is 0 Å². The molecule has 2 heterocycles. The van der Waals surface area contributed by atoms with E-state index in [1.807, 2.05) is 56.4 Å². The molecule has 28 heavy (non-hydrogen) atoms. The minimum absolute atomic E-state index is 0.139. The van der Waals surface area contributed by atoms with Gasteiger partial charge in [-0.1, -0.05) is 18.2 Å². The topological polar surface area (TPSA) is 53.4 Å². The Morgan fingerprint density at radius 2 is 1.93 bits per heavy atom. The third-order valence-electron chi connectivity index (χ3n) is 5.57. The van der Waals surface area contributed by atoms with Gasteiger partial charge in [0.25, 0.3) is 5.91 Å². The number of aliphatic hydroxyl groups is 1. The van der Waals surface area contributed by atoms with E-state index in [-0.39, 0.29) is 11.9 Å². The fraction of sp³-hybridized carbons (Fsp3) is 0.500. The molecule has 1 fully saturated rings. The highest BCUT2D eigenvalue weighted by Gasteiger charge is 2.27.